The molecule has 1 aromatic rings. The number of ether oxygens (including phenoxy) is 2. The molecular formula is C13H20N2O5. The number of aliphatic hydroxyl groups is 1. The first-order valence-corrected chi connectivity index (χ1v) is 6.35. The van der Waals surface area contributed by atoms with Gasteiger partial charge in [0.2, 0.25) is 0 Å². The van der Waals surface area contributed by atoms with Crippen LogP contribution in [0.5, 0.6) is 11.5 Å². The Kier molecular flexibility index (Phi) is 6.05. The summed E-state index contributed by atoms with van der Waals surface area (Å²) < 4.78 is 10.2. The van der Waals surface area contributed by atoms with Crippen LogP contribution in [0.25, 0.3) is 0 Å². The van der Waals surface area contributed by atoms with Crippen LogP contribution in [0.4, 0.5) is 11.4 Å². The van der Waals surface area contributed by atoms with Gasteiger partial charge < -0.3 is 19.9 Å². The van der Waals surface area contributed by atoms with Crippen molar-refractivity contribution in [3.8, 4) is 11.5 Å². The maximum absolute atomic E-state index is 11.1. The van der Waals surface area contributed by atoms with E-state index >= 15 is 0 Å². The summed E-state index contributed by atoms with van der Waals surface area (Å²) in [5.74, 6) is 0.685. The lowest BCUT2D eigenvalue weighted by Crippen LogP contribution is -2.19. The second kappa shape index (κ2) is 7.54. The molecule has 20 heavy (non-hydrogen) atoms. The standard InChI is InChI=1S/C13H20N2O5/c1-4-5-9(16)8-14-10-6-12(19-2)13(20-3)7-11(10)15(17)18/h6-7,9,14,16H,4-5,8H2,1-3H3. The number of nitro benzene ring substituents is 1. The molecule has 1 aromatic carbocycles. The third-order valence-corrected chi connectivity index (χ3v) is 2.85. The highest BCUT2D eigenvalue weighted by molar-refractivity contribution is 5.68. The summed E-state index contributed by atoms with van der Waals surface area (Å²) in [6.07, 6.45) is 0.929. The summed E-state index contributed by atoms with van der Waals surface area (Å²) in [6, 6.07) is 2.79. The molecule has 0 heterocycles. The number of benzene rings is 1. The highest BCUT2D eigenvalue weighted by Crippen LogP contribution is 2.37. The van der Waals surface area contributed by atoms with E-state index in [0.29, 0.717) is 23.6 Å². The van der Waals surface area contributed by atoms with Crippen molar-refractivity contribution in [2.75, 3.05) is 26.1 Å². The fourth-order valence-electron chi connectivity index (χ4n) is 1.82. The lowest BCUT2D eigenvalue weighted by molar-refractivity contribution is -0.384. The van der Waals surface area contributed by atoms with Crippen LogP contribution in [0.15, 0.2) is 12.1 Å². The van der Waals surface area contributed by atoms with Crippen LogP contribution in [0.1, 0.15) is 19.8 Å². The first-order chi connectivity index (χ1) is 9.53. The van der Waals surface area contributed by atoms with Gasteiger partial charge in [-0.15, -0.1) is 0 Å². The van der Waals surface area contributed by atoms with Crippen molar-refractivity contribution in [3.63, 3.8) is 0 Å². The molecule has 0 radical (unpaired) electrons. The number of hydrogen-bond acceptors (Lipinski definition) is 6. The van der Waals surface area contributed by atoms with Crippen molar-refractivity contribution in [1.29, 1.82) is 0 Å². The van der Waals surface area contributed by atoms with E-state index in [-0.39, 0.29) is 12.2 Å². The first-order valence-electron chi connectivity index (χ1n) is 6.35. The fraction of sp³-hybridized carbons (Fsp3) is 0.538. The van der Waals surface area contributed by atoms with Crippen molar-refractivity contribution in [3.05, 3.63) is 22.2 Å². The first kappa shape index (κ1) is 16.0. The van der Waals surface area contributed by atoms with E-state index in [1.165, 1.54) is 26.4 Å². The molecule has 7 heteroatoms. The largest absolute Gasteiger partial charge is 0.493 e. The van der Waals surface area contributed by atoms with Gasteiger partial charge >= 0.3 is 0 Å². The second-order valence-electron chi connectivity index (χ2n) is 4.30. The molecule has 0 aliphatic heterocycles. The average molecular weight is 284 g/mol. The van der Waals surface area contributed by atoms with Crippen LogP contribution in [-0.2, 0) is 0 Å². The Morgan fingerprint density at radius 2 is 1.95 bits per heavy atom. The van der Waals surface area contributed by atoms with Crippen LogP contribution < -0.4 is 14.8 Å². The monoisotopic (exact) mass is 284 g/mol. The second-order valence-corrected chi connectivity index (χ2v) is 4.30. The summed E-state index contributed by atoms with van der Waals surface area (Å²) in [4.78, 5) is 10.6. The molecule has 2 N–H and O–H groups in total. The quantitative estimate of drug-likeness (QED) is 0.561. The molecule has 0 spiro atoms. The summed E-state index contributed by atoms with van der Waals surface area (Å²) in [5, 5.41) is 23.6. The highest BCUT2D eigenvalue weighted by atomic mass is 16.6. The molecule has 0 aliphatic rings. The van der Waals surface area contributed by atoms with E-state index in [2.05, 4.69) is 5.32 Å². The molecule has 0 fully saturated rings. The van der Waals surface area contributed by atoms with Gasteiger partial charge in [-0.1, -0.05) is 13.3 Å². The van der Waals surface area contributed by atoms with Gasteiger partial charge in [0.25, 0.3) is 5.69 Å². The molecular weight excluding hydrogens is 264 g/mol. The summed E-state index contributed by atoms with van der Waals surface area (Å²) >= 11 is 0. The Bertz CT molecular complexity index is 464. The average Bonchev–Trinajstić information content (AvgIpc) is 2.44. The van der Waals surface area contributed by atoms with Gasteiger partial charge in [0, 0.05) is 12.6 Å². The zero-order chi connectivity index (χ0) is 15.1. The van der Waals surface area contributed by atoms with Gasteiger partial charge in [-0.25, -0.2) is 0 Å². The molecule has 1 rings (SSSR count). The van der Waals surface area contributed by atoms with Gasteiger partial charge in [-0.3, -0.25) is 10.1 Å². The van der Waals surface area contributed by atoms with Gasteiger partial charge in [0.1, 0.15) is 5.69 Å². The molecule has 1 unspecified atom stereocenters. The summed E-state index contributed by atoms with van der Waals surface area (Å²) in [5.41, 5.74) is 0.175. The number of hydrogen-bond donors (Lipinski definition) is 2. The van der Waals surface area contributed by atoms with E-state index < -0.39 is 11.0 Å². The maximum Gasteiger partial charge on any atom is 0.296 e. The molecule has 0 saturated carbocycles. The number of anilines is 1. The molecule has 1 atom stereocenters. The zero-order valence-electron chi connectivity index (χ0n) is 11.9. The number of nitrogens with zero attached hydrogens (tertiary/aromatic N) is 1. The van der Waals surface area contributed by atoms with Crippen molar-refractivity contribution < 1.29 is 19.5 Å². The number of methoxy groups -OCH3 is 2. The fourth-order valence-corrected chi connectivity index (χ4v) is 1.82. The van der Waals surface area contributed by atoms with Crippen LogP contribution in [0.3, 0.4) is 0 Å². The number of nitro groups is 1. The van der Waals surface area contributed by atoms with E-state index in [4.69, 9.17) is 9.47 Å². The van der Waals surface area contributed by atoms with E-state index in [1.54, 1.807) is 0 Å². The van der Waals surface area contributed by atoms with Crippen molar-refractivity contribution in [2.24, 2.45) is 0 Å². The van der Waals surface area contributed by atoms with E-state index in [9.17, 15) is 15.2 Å². The Morgan fingerprint density at radius 1 is 1.35 bits per heavy atom. The molecule has 0 amide bonds. The topological polar surface area (TPSA) is 93.9 Å². The molecule has 0 bridgehead atoms. The number of aliphatic hydroxyl groups excluding tert-OH is 1. The highest BCUT2D eigenvalue weighted by Gasteiger charge is 2.19. The van der Waals surface area contributed by atoms with Gasteiger partial charge in [0.05, 0.1) is 31.3 Å². The van der Waals surface area contributed by atoms with Crippen LogP contribution in [0, 0.1) is 10.1 Å². The predicted octanol–water partition coefficient (Wildman–Crippen LogP) is 2.18. The molecule has 0 saturated heterocycles. The number of nitrogens with one attached hydrogen (secondary N) is 1. The third kappa shape index (κ3) is 3.99. The minimum absolute atomic E-state index is 0.119. The summed E-state index contributed by atoms with van der Waals surface area (Å²) in [7, 11) is 2.87. The minimum atomic E-state index is -0.548. The SMILES string of the molecule is CCCC(O)CNc1cc(OC)c(OC)cc1[N+](=O)[O-]. The van der Waals surface area contributed by atoms with Crippen LogP contribution in [-0.4, -0.2) is 36.9 Å². The molecule has 0 aromatic heterocycles. The van der Waals surface area contributed by atoms with Crippen LogP contribution >= 0.6 is 0 Å². The smallest absolute Gasteiger partial charge is 0.296 e. The maximum atomic E-state index is 11.1. The van der Waals surface area contributed by atoms with Gasteiger partial charge in [-0.2, -0.15) is 0 Å². The Morgan fingerprint density at radius 3 is 2.45 bits per heavy atom. The van der Waals surface area contributed by atoms with Crippen molar-refractivity contribution >= 4 is 11.4 Å². The van der Waals surface area contributed by atoms with Gasteiger partial charge in [0.15, 0.2) is 11.5 Å². The predicted molar refractivity (Wildman–Crippen MR) is 75.6 cm³/mol. The van der Waals surface area contributed by atoms with E-state index in [1.807, 2.05) is 6.92 Å². The Labute approximate surface area is 117 Å². The minimum Gasteiger partial charge on any atom is -0.493 e. The van der Waals surface area contributed by atoms with Crippen LogP contribution in [0.2, 0.25) is 0 Å². The lowest BCUT2D eigenvalue weighted by Gasteiger charge is -2.14. The van der Waals surface area contributed by atoms with Crippen molar-refractivity contribution in [2.45, 2.75) is 25.9 Å². The summed E-state index contributed by atoms with van der Waals surface area (Å²) in [6.45, 7) is 2.20. The van der Waals surface area contributed by atoms with Gasteiger partial charge in [-0.05, 0) is 6.42 Å². The molecule has 0 aliphatic carbocycles. The third-order valence-electron chi connectivity index (χ3n) is 2.85. The van der Waals surface area contributed by atoms with E-state index in [0.717, 1.165) is 6.42 Å². The van der Waals surface area contributed by atoms with Crippen molar-refractivity contribution in [1.82, 2.24) is 0 Å². The Balaban J connectivity index is 3.00. The Hall–Kier alpha value is -2.02. The normalized spacial score (nSPS) is 11.8. The zero-order valence-corrected chi connectivity index (χ0v) is 11.9. The molecule has 7 nitrogen and oxygen atoms in total. The molecule has 112 valence electrons. The number of rotatable bonds is 8. The lowest BCUT2D eigenvalue weighted by atomic mass is 10.2.